The summed E-state index contributed by atoms with van der Waals surface area (Å²) in [6, 6.07) is 3.20. The summed E-state index contributed by atoms with van der Waals surface area (Å²) in [4.78, 5) is 15.0. The molecule has 0 fully saturated rings. The van der Waals surface area contributed by atoms with E-state index in [4.69, 9.17) is 0 Å². The van der Waals surface area contributed by atoms with Crippen LogP contribution in [-0.2, 0) is 6.54 Å². The number of hydrogen-bond donors (Lipinski definition) is 0. The van der Waals surface area contributed by atoms with E-state index in [0.29, 0.717) is 0 Å². The molecule has 0 spiro atoms. The van der Waals surface area contributed by atoms with Gasteiger partial charge in [-0.2, -0.15) is 13.2 Å². The van der Waals surface area contributed by atoms with E-state index < -0.39 is 24.3 Å². The van der Waals surface area contributed by atoms with Crippen LogP contribution in [0.25, 0.3) is 11.0 Å². The average molecular weight is 260 g/mol. The lowest BCUT2D eigenvalue weighted by atomic mass is 10.3. The molecule has 0 N–H and O–H groups in total. The predicted molar refractivity (Wildman–Crippen MR) is 55.8 cm³/mol. The molecule has 96 valence electrons. The molecule has 0 unspecified atom stereocenters. The minimum absolute atomic E-state index is 0.0319. The SMILES string of the molecule is CC(=O)c1nc2cc(F)ccc2n1CC(F)(F)F. The third-order valence-corrected chi connectivity index (χ3v) is 2.36. The van der Waals surface area contributed by atoms with Crippen molar-refractivity contribution < 1.29 is 22.4 Å². The highest BCUT2D eigenvalue weighted by atomic mass is 19.4. The Balaban J connectivity index is 2.67. The number of halogens is 4. The summed E-state index contributed by atoms with van der Waals surface area (Å²) < 4.78 is 51.0. The zero-order valence-electron chi connectivity index (χ0n) is 9.25. The number of aromatic nitrogens is 2. The molecule has 7 heteroatoms. The standard InChI is InChI=1S/C11H8F4N2O/c1-6(18)10-16-8-4-7(12)2-3-9(8)17(10)5-11(13,14)15/h2-4H,5H2,1H3. The number of Topliss-reactive ketones (excluding diaryl/α,β-unsaturated/α-hetero) is 1. The van der Waals surface area contributed by atoms with E-state index in [1.165, 1.54) is 6.07 Å². The van der Waals surface area contributed by atoms with E-state index in [0.717, 1.165) is 23.6 Å². The largest absolute Gasteiger partial charge is 0.406 e. The molecule has 0 atom stereocenters. The van der Waals surface area contributed by atoms with Crippen LogP contribution in [0.15, 0.2) is 18.2 Å². The van der Waals surface area contributed by atoms with Gasteiger partial charge in [0.25, 0.3) is 0 Å². The van der Waals surface area contributed by atoms with Crippen LogP contribution in [0.2, 0.25) is 0 Å². The van der Waals surface area contributed by atoms with Crippen molar-refractivity contribution >= 4 is 16.8 Å². The molecule has 2 rings (SSSR count). The van der Waals surface area contributed by atoms with Crippen molar-refractivity contribution in [1.29, 1.82) is 0 Å². The van der Waals surface area contributed by atoms with Gasteiger partial charge >= 0.3 is 6.18 Å². The van der Waals surface area contributed by atoms with Crippen LogP contribution in [-0.4, -0.2) is 21.5 Å². The summed E-state index contributed by atoms with van der Waals surface area (Å²) in [5.41, 5.74) is 0.114. The van der Waals surface area contributed by atoms with Gasteiger partial charge in [0, 0.05) is 13.0 Å². The van der Waals surface area contributed by atoms with Gasteiger partial charge in [0.1, 0.15) is 12.4 Å². The smallest absolute Gasteiger partial charge is 0.312 e. The Kier molecular flexibility index (Phi) is 2.84. The zero-order valence-corrected chi connectivity index (χ0v) is 9.25. The molecule has 3 nitrogen and oxygen atoms in total. The van der Waals surface area contributed by atoms with Gasteiger partial charge in [0.2, 0.25) is 0 Å². The van der Waals surface area contributed by atoms with Gasteiger partial charge < -0.3 is 4.57 Å². The Labute approximate surface area is 99.0 Å². The topological polar surface area (TPSA) is 34.9 Å². The normalized spacial score (nSPS) is 12.1. The summed E-state index contributed by atoms with van der Waals surface area (Å²) in [6.45, 7) is -0.214. The van der Waals surface area contributed by atoms with E-state index in [9.17, 15) is 22.4 Å². The summed E-state index contributed by atoms with van der Waals surface area (Å²) in [7, 11) is 0. The molecule has 0 aliphatic rings. The summed E-state index contributed by atoms with van der Waals surface area (Å²) in [5.74, 6) is -1.54. The Bertz CT molecular complexity index is 615. The van der Waals surface area contributed by atoms with E-state index in [-0.39, 0.29) is 16.9 Å². The number of carbonyl (C=O) groups is 1. The van der Waals surface area contributed by atoms with Crippen LogP contribution in [0.1, 0.15) is 17.5 Å². The maximum absolute atomic E-state index is 13.0. The number of imidazole rings is 1. The molecular weight excluding hydrogens is 252 g/mol. The van der Waals surface area contributed by atoms with Gasteiger partial charge in [-0.1, -0.05) is 0 Å². The van der Waals surface area contributed by atoms with Gasteiger partial charge in [-0.05, 0) is 12.1 Å². The minimum atomic E-state index is -4.48. The summed E-state index contributed by atoms with van der Waals surface area (Å²) in [5, 5.41) is 0. The van der Waals surface area contributed by atoms with Crippen molar-refractivity contribution in [3.8, 4) is 0 Å². The fourth-order valence-corrected chi connectivity index (χ4v) is 1.71. The van der Waals surface area contributed by atoms with Gasteiger partial charge in [-0.25, -0.2) is 9.37 Å². The third kappa shape index (κ3) is 2.34. The van der Waals surface area contributed by atoms with E-state index in [2.05, 4.69) is 4.98 Å². The molecule has 2 aromatic rings. The number of alkyl halides is 3. The first-order chi connectivity index (χ1) is 8.28. The van der Waals surface area contributed by atoms with Crippen molar-refractivity contribution in [2.24, 2.45) is 0 Å². The van der Waals surface area contributed by atoms with Crippen LogP contribution in [0.4, 0.5) is 17.6 Å². The van der Waals surface area contributed by atoms with Crippen molar-refractivity contribution in [3.05, 3.63) is 29.8 Å². The number of hydrogen-bond acceptors (Lipinski definition) is 2. The molecular formula is C11H8F4N2O. The van der Waals surface area contributed by atoms with Crippen LogP contribution in [0.3, 0.4) is 0 Å². The molecule has 1 heterocycles. The second-order valence-electron chi connectivity index (χ2n) is 3.83. The number of fused-ring (bicyclic) bond motifs is 1. The van der Waals surface area contributed by atoms with Crippen molar-refractivity contribution in [1.82, 2.24) is 9.55 Å². The lowest BCUT2D eigenvalue weighted by Crippen LogP contribution is -2.20. The predicted octanol–water partition coefficient (Wildman–Crippen LogP) is 2.94. The van der Waals surface area contributed by atoms with Crippen molar-refractivity contribution in [2.45, 2.75) is 19.6 Å². The first kappa shape index (κ1) is 12.5. The zero-order chi connectivity index (χ0) is 13.5. The summed E-state index contributed by atoms with van der Waals surface area (Å²) >= 11 is 0. The highest BCUT2D eigenvalue weighted by molar-refractivity contribution is 5.94. The number of ketones is 1. The Morgan fingerprint density at radius 3 is 2.61 bits per heavy atom. The highest BCUT2D eigenvalue weighted by Gasteiger charge is 2.31. The quantitative estimate of drug-likeness (QED) is 0.614. The molecule has 0 radical (unpaired) electrons. The molecule has 1 aromatic heterocycles. The van der Waals surface area contributed by atoms with Crippen LogP contribution < -0.4 is 0 Å². The first-order valence-corrected chi connectivity index (χ1v) is 5.01. The Morgan fingerprint density at radius 2 is 2.06 bits per heavy atom. The van der Waals surface area contributed by atoms with Gasteiger partial charge in [0.15, 0.2) is 11.6 Å². The molecule has 0 saturated carbocycles. The molecule has 0 aliphatic heterocycles. The maximum atomic E-state index is 13.0. The lowest BCUT2D eigenvalue weighted by molar-refractivity contribution is -0.140. The first-order valence-electron chi connectivity index (χ1n) is 5.01. The second kappa shape index (κ2) is 4.08. The van der Waals surface area contributed by atoms with Crippen LogP contribution >= 0.6 is 0 Å². The highest BCUT2D eigenvalue weighted by Crippen LogP contribution is 2.24. The molecule has 1 aromatic carbocycles. The van der Waals surface area contributed by atoms with Crippen LogP contribution in [0.5, 0.6) is 0 Å². The number of carbonyl (C=O) groups excluding carboxylic acids is 1. The van der Waals surface area contributed by atoms with Gasteiger partial charge in [-0.15, -0.1) is 0 Å². The molecule has 18 heavy (non-hydrogen) atoms. The van der Waals surface area contributed by atoms with Crippen molar-refractivity contribution in [3.63, 3.8) is 0 Å². The third-order valence-electron chi connectivity index (χ3n) is 2.36. The van der Waals surface area contributed by atoms with E-state index >= 15 is 0 Å². The van der Waals surface area contributed by atoms with E-state index in [1.54, 1.807) is 0 Å². The Hall–Kier alpha value is -1.92. The second-order valence-corrected chi connectivity index (χ2v) is 3.83. The molecule has 0 amide bonds. The van der Waals surface area contributed by atoms with Crippen LogP contribution in [0, 0.1) is 5.82 Å². The maximum Gasteiger partial charge on any atom is 0.406 e. The van der Waals surface area contributed by atoms with E-state index in [1.807, 2.05) is 0 Å². The van der Waals surface area contributed by atoms with Gasteiger partial charge in [0.05, 0.1) is 11.0 Å². The fourth-order valence-electron chi connectivity index (χ4n) is 1.71. The monoisotopic (exact) mass is 260 g/mol. The fraction of sp³-hybridized carbons (Fsp3) is 0.273. The molecule has 0 saturated heterocycles. The lowest BCUT2D eigenvalue weighted by Gasteiger charge is -2.10. The number of benzene rings is 1. The van der Waals surface area contributed by atoms with Crippen molar-refractivity contribution in [2.75, 3.05) is 0 Å². The number of rotatable bonds is 2. The molecule has 0 aliphatic carbocycles. The number of nitrogens with zero attached hydrogens (tertiary/aromatic N) is 2. The molecule has 0 bridgehead atoms. The minimum Gasteiger partial charge on any atom is -0.312 e. The van der Waals surface area contributed by atoms with Gasteiger partial charge in [-0.3, -0.25) is 4.79 Å². The average Bonchev–Trinajstić information content (AvgIpc) is 2.54. The Morgan fingerprint density at radius 1 is 1.39 bits per heavy atom. The summed E-state index contributed by atoms with van der Waals surface area (Å²) in [6.07, 6.45) is -4.48.